The van der Waals surface area contributed by atoms with Crippen molar-refractivity contribution in [3.8, 4) is 11.5 Å². The lowest BCUT2D eigenvalue weighted by Crippen LogP contribution is -2.45. The lowest BCUT2D eigenvalue weighted by molar-refractivity contribution is -0.156. The molecule has 2 aliphatic heterocycles. The fourth-order valence-corrected chi connectivity index (χ4v) is 3.21. The summed E-state index contributed by atoms with van der Waals surface area (Å²) in [6.45, 7) is 2.89. The predicted molar refractivity (Wildman–Crippen MR) is 103 cm³/mol. The Kier molecular flexibility index (Phi) is 4.86. The van der Waals surface area contributed by atoms with Crippen molar-refractivity contribution >= 4 is 29.4 Å². The molecule has 0 aromatic heterocycles. The number of imide groups is 1. The Morgan fingerprint density at radius 1 is 1.00 bits per heavy atom. The van der Waals surface area contributed by atoms with Crippen molar-refractivity contribution in [2.24, 2.45) is 0 Å². The number of hydrogen-bond acceptors (Lipinski definition) is 7. The quantitative estimate of drug-likeness (QED) is 0.593. The molecule has 2 aliphatic rings. The molecule has 0 saturated carbocycles. The van der Waals surface area contributed by atoms with Crippen LogP contribution in [0.5, 0.6) is 11.5 Å². The SMILES string of the molecule is C[C@H](C(=O)O[C@H](C)C(=O)Nc1ccc2c(c1)OCO2)N1C(=O)c2ccccc2C1=O. The fourth-order valence-electron chi connectivity index (χ4n) is 3.21. The average molecular weight is 410 g/mol. The van der Waals surface area contributed by atoms with E-state index in [1.54, 1.807) is 30.3 Å². The number of ether oxygens (including phenoxy) is 3. The van der Waals surface area contributed by atoms with Crippen molar-refractivity contribution in [3.63, 3.8) is 0 Å². The number of benzene rings is 2. The van der Waals surface area contributed by atoms with Gasteiger partial charge in [0.1, 0.15) is 6.04 Å². The van der Waals surface area contributed by atoms with Gasteiger partial charge in [0.2, 0.25) is 6.79 Å². The first-order valence-electron chi connectivity index (χ1n) is 9.24. The molecule has 0 aliphatic carbocycles. The van der Waals surface area contributed by atoms with Crippen molar-refractivity contribution in [2.75, 3.05) is 12.1 Å². The first kappa shape index (κ1) is 19.4. The van der Waals surface area contributed by atoms with Crippen molar-refractivity contribution < 1.29 is 33.4 Å². The molecule has 0 saturated heterocycles. The number of carbonyl (C=O) groups is 4. The maximum Gasteiger partial charge on any atom is 0.329 e. The van der Waals surface area contributed by atoms with E-state index < -0.39 is 35.8 Å². The van der Waals surface area contributed by atoms with Gasteiger partial charge in [-0.05, 0) is 38.1 Å². The van der Waals surface area contributed by atoms with Crippen LogP contribution in [0.3, 0.4) is 0 Å². The number of nitrogens with one attached hydrogen (secondary N) is 1. The molecule has 3 amide bonds. The van der Waals surface area contributed by atoms with Gasteiger partial charge in [0.25, 0.3) is 17.7 Å². The zero-order valence-corrected chi connectivity index (χ0v) is 16.2. The molecule has 9 heteroatoms. The first-order chi connectivity index (χ1) is 14.4. The molecule has 1 N–H and O–H groups in total. The third-order valence-corrected chi connectivity index (χ3v) is 4.86. The maximum absolute atomic E-state index is 12.5. The summed E-state index contributed by atoms with van der Waals surface area (Å²) in [6.07, 6.45) is -1.15. The first-order valence-corrected chi connectivity index (χ1v) is 9.24. The zero-order chi connectivity index (χ0) is 21.4. The summed E-state index contributed by atoms with van der Waals surface area (Å²) in [7, 11) is 0. The molecule has 2 aromatic rings. The standard InChI is InChI=1S/C21H18N2O7/c1-11(23-19(25)14-5-3-4-6-15(14)20(23)26)21(27)30-12(2)18(24)22-13-7-8-16-17(9-13)29-10-28-16/h3-9,11-12H,10H2,1-2H3,(H,22,24)/t11-,12-/m1/s1. The predicted octanol–water partition coefficient (Wildman–Crippen LogP) is 1.97. The van der Waals surface area contributed by atoms with E-state index in [0.29, 0.717) is 17.2 Å². The van der Waals surface area contributed by atoms with Crippen LogP contribution in [-0.2, 0) is 14.3 Å². The monoisotopic (exact) mass is 410 g/mol. The highest BCUT2D eigenvalue weighted by Gasteiger charge is 2.41. The molecule has 0 radical (unpaired) electrons. The molecule has 30 heavy (non-hydrogen) atoms. The average Bonchev–Trinajstić information content (AvgIpc) is 3.30. The normalized spacial score (nSPS) is 16.1. The van der Waals surface area contributed by atoms with E-state index in [2.05, 4.69) is 5.32 Å². The van der Waals surface area contributed by atoms with Gasteiger partial charge in [0, 0.05) is 11.8 Å². The number of esters is 1. The molecule has 2 atom stereocenters. The van der Waals surface area contributed by atoms with Crippen LogP contribution in [-0.4, -0.2) is 47.5 Å². The molecule has 154 valence electrons. The third-order valence-electron chi connectivity index (χ3n) is 4.86. The summed E-state index contributed by atoms with van der Waals surface area (Å²) >= 11 is 0. The molecule has 4 rings (SSSR count). The summed E-state index contributed by atoms with van der Waals surface area (Å²) in [5.74, 6) is -1.51. The number of anilines is 1. The molecule has 2 aromatic carbocycles. The lowest BCUT2D eigenvalue weighted by Gasteiger charge is -2.22. The van der Waals surface area contributed by atoms with Crippen LogP contribution < -0.4 is 14.8 Å². The van der Waals surface area contributed by atoms with E-state index in [0.717, 1.165) is 4.90 Å². The summed E-state index contributed by atoms with van der Waals surface area (Å²) < 4.78 is 15.7. The molecule has 9 nitrogen and oxygen atoms in total. The Hall–Kier alpha value is -3.88. The van der Waals surface area contributed by atoms with Gasteiger partial charge in [-0.3, -0.25) is 19.3 Å². The van der Waals surface area contributed by atoms with Gasteiger partial charge in [-0.15, -0.1) is 0 Å². The second-order valence-electron chi connectivity index (χ2n) is 6.84. The van der Waals surface area contributed by atoms with Crippen molar-refractivity contribution in [2.45, 2.75) is 26.0 Å². The Labute approximate surface area is 171 Å². The van der Waals surface area contributed by atoms with Crippen LogP contribution >= 0.6 is 0 Å². The summed E-state index contributed by atoms with van der Waals surface area (Å²) in [5, 5.41) is 2.62. The fraction of sp³-hybridized carbons (Fsp3) is 0.238. The van der Waals surface area contributed by atoms with Gasteiger partial charge < -0.3 is 19.5 Å². The van der Waals surface area contributed by atoms with E-state index >= 15 is 0 Å². The molecule has 0 bridgehead atoms. The van der Waals surface area contributed by atoms with Crippen molar-refractivity contribution in [1.82, 2.24) is 4.90 Å². The van der Waals surface area contributed by atoms with E-state index in [1.807, 2.05) is 0 Å². The van der Waals surface area contributed by atoms with Gasteiger partial charge in [0.05, 0.1) is 11.1 Å². The lowest BCUT2D eigenvalue weighted by atomic mass is 10.1. The molecule has 2 heterocycles. The third kappa shape index (κ3) is 3.34. The highest BCUT2D eigenvalue weighted by molar-refractivity contribution is 6.22. The number of rotatable bonds is 5. The van der Waals surface area contributed by atoms with Crippen molar-refractivity contribution in [3.05, 3.63) is 53.6 Å². The van der Waals surface area contributed by atoms with E-state index in [9.17, 15) is 19.2 Å². The molecule has 0 fully saturated rings. The Morgan fingerprint density at radius 3 is 2.30 bits per heavy atom. The number of carbonyl (C=O) groups excluding carboxylic acids is 4. The highest BCUT2D eigenvalue weighted by atomic mass is 16.7. The number of hydrogen-bond donors (Lipinski definition) is 1. The van der Waals surface area contributed by atoms with Crippen LogP contribution in [0.1, 0.15) is 34.6 Å². The Balaban J connectivity index is 1.39. The van der Waals surface area contributed by atoms with Crippen LogP contribution in [0.4, 0.5) is 5.69 Å². The van der Waals surface area contributed by atoms with Gasteiger partial charge in [-0.2, -0.15) is 0 Å². The van der Waals surface area contributed by atoms with Crippen molar-refractivity contribution in [1.29, 1.82) is 0 Å². The van der Waals surface area contributed by atoms with E-state index in [4.69, 9.17) is 14.2 Å². The van der Waals surface area contributed by atoms with Gasteiger partial charge in [-0.25, -0.2) is 4.79 Å². The van der Waals surface area contributed by atoms with Gasteiger partial charge >= 0.3 is 5.97 Å². The van der Waals surface area contributed by atoms with Crippen LogP contribution in [0, 0.1) is 0 Å². The largest absolute Gasteiger partial charge is 0.454 e. The van der Waals surface area contributed by atoms with Gasteiger partial charge in [0.15, 0.2) is 17.6 Å². The van der Waals surface area contributed by atoms with E-state index in [-0.39, 0.29) is 17.9 Å². The molecule has 0 spiro atoms. The van der Waals surface area contributed by atoms with Crippen LogP contribution in [0.2, 0.25) is 0 Å². The minimum absolute atomic E-state index is 0.108. The minimum atomic E-state index is -1.18. The second-order valence-corrected chi connectivity index (χ2v) is 6.84. The molecular weight excluding hydrogens is 392 g/mol. The minimum Gasteiger partial charge on any atom is -0.454 e. The summed E-state index contributed by atoms with van der Waals surface area (Å²) in [4.78, 5) is 50.7. The van der Waals surface area contributed by atoms with Gasteiger partial charge in [-0.1, -0.05) is 12.1 Å². The Bertz CT molecular complexity index is 1030. The number of fused-ring (bicyclic) bond motifs is 2. The molecular formula is C21H18N2O7. The summed E-state index contributed by atoms with van der Waals surface area (Å²) in [6, 6.07) is 10.0. The van der Waals surface area contributed by atoms with E-state index in [1.165, 1.54) is 26.0 Å². The van der Waals surface area contributed by atoms with Crippen LogP contribution in [0.15, 0.2) is 42.5 Å². The summed E-state index contributed by atoms with van der Waals surface area (Å²) in [5.41, 5.74) is 0.909. The number of amides is 3. The topological polar surface area (TPSA) is 111 Å². The zero-order valence-electron chi connectivity index (χ0n) is 16.2. The van der Waals surface area contributed by atoms with Crippen LogP contribution in [0.25, 0.3) is 0 Å². The Morgan fingerprint density at radius 2 is 1.63 bits per heavy atom. The number of nitrogens with zero attached hydrogens (tertiary/aromatic N) is 1. The highest BCUT2D eigenvalue weighted by Crippen LogP contribution is 2.34. The molecule has 0 unspecified atom stereocenters. The second kappa shape index (κ2) is 7.51. The maximum atomic E-state index is 12.5. The smallest absolute Gasteiger partial charge is 0.329 e.